The summed E-state index contributed by atoms with van der Waals surface area (Å²) in [4.78, 5) is 12.6. The minimum Gasteiger partial charge on any atom is -0.469 e. The van der Waals surface area contributed by atoms with Gasteiger partial charge in [0.25, 0.3) is 0 Å². The molecule has 25 heavy (non-hydrogen) atoms. The van der Waals surface area contributed by atoms with E-state index in [1.165, 1.54) is 12.0 Å². The van der Waals surface area contributed by atoms with Crippen molar-refractivity contribution >= 4 is 5.97 Å². The third-order valence-corrected chi connectivity index (χ3v) is 9.32. The minimum absolute atomic E-state index is 0.00464. The molecule has 0 heterocycles. The highest BCUT2D eigenvalue weighted by Gasteiger charge is 2.65. The first-order valence-electron chi connectivity index (χ1n) is 10.2. The van der Waals surface area contributed by atoms with E-state index in [1.807, 2.05) is 0 Å². The molecular weight excluding hydrogens is 312 g/mol. The van der Waals surface area contributed by atoms with Crippen molar-refractivity contribution in [1.29, 1.82) is 0 Å². The van der Waals surface area contributed by atoms with Crippen molar-refractivity contribution in [3.05, 3.63) is 11.6 Å². The van der Waals surface area contributed by atoms with Crippen molar-refractivity contribution in [1.82, 2.24) is 0 Å². The second kappa shape index (κ2) is 5.58. The van der Waals surface area contributed by atoms with Gasteiger partial charge in [-0.25, -0.2) is 0 Å². The molecular formula is C22H34O3. The molecule has 4 rings (SSSR count). The number of esters is 1. The Labute approximate surface area is 152 Å². The molecule has 0 aromatic carbocycles. The smallest absolute Gasteiger partial charge is 0.312 e. The lowest BCUT2D eigenvalue weighted by Crippen LogP contribution is -2.53. The summed E-state index contributed by atoms with van der Waals surface area (Å²) >= 11 is 0. The number of carbonyl (C=O) groups is 1. The van der Waals surface area contributed by atoms with E-state index in [1.54, 1.807) is 7.11 Å². The van der Waals surface area contributed by atoms with Crippen molar-refractivity contribution in [2.45, 2.75) is 78.2 Å². The standard InChI is InChI=1S/C22H34O3/c1-20-10-7-15(23)13-14(20)5-6-16-17(20)8-11-21(2)18(16)9-12-22(21,3)19(24)25-4/h5,15-18,23H,6-13H2,1-4H3/t15?,16?,17?,18?,20-,21-,22?/m0/s1. The van der Waals surface area contributed by atoms with Gasteiger partial charge in [0, 0.05) is 0 Å². The van der Waals surface area contributed by atoms with Crippen LogP contribution in [0.2, 0.25) is 0 Å². The molecule has 1 N–H and O–H groups in total. The van der Waals surface area contributed by atoms with E-state index in [4.69, 9.17) is 4.74 Å². The van der Waals surface area contributed by atoms with E-state index >= 15 is 0 Å². The molecule has 0 aromatic rings. The number of allylic oxidation sites excluding steroid dienone is 1. The fraction of sp³-hybridized carbons (Fsp3) is 0.864. The van der Waals surface area contributed by atoms with Gasteiger partial charge in [-0.3, -0.25) is 4.79 Å². The van der Waals surface area contributed by atoms with Crippen LogP contribution < -0.4 is 0 Å². The van der Waals surface area contributed by atoms with Crippen LogP contribution in [-0.2, 0) is 9.53 Å². The maximum Gasteiger partial charge on any atom is 0.312 e. The molecule has 3 fully saturated rings. The first-order valence-corrected chi connectivity index (χ1v) is 10.2. The van der Waals surface area contributed by atoms with E-state index in [2.05, 4.69) is 26.8 Å². The second-order valence-electron chi connectivity index (χ2n) is 9.97. The fourth-order valence-electron chi connectivity index (χ4n) is 7.47. The first kappa shape index (κ1) is 17.6. The summed E-state index contributed by atoms with van der Waals surface area (Å²) in [7, 11) is 1.54. The van der Waals surface area contributed by atoms with Crippen LogP contribution in [0.15, 0.2) is 11.6 Å². The van der Waals surface area contributed by atoms with Gasteiger partial charge in [-0.2, -0.15) is 0 Å². The number of methoxy groups -OCH3 is 1. The monoisotopic (exact) mass is 346 g/mol. The average molecular weight is 347 g/mol. The van der Waals surface area contributed by atoms with Gasteiger partial charge in [0.1, 0.15) is 0 Å². The van der Waals surface area contributed by atoms with Crippen molar-refractivity contribution < 1.29 is 14.6 Å². The molecule has 3 nitrogen and oxygen atoms in total. The quantitative estimate of drug-likeness (QED) is 0.562. The number of aliphatic hydroxyl groups excluding tert-OH is 1. The molecule has 0 aliphatic heterocycles. The number of aliphatic hydroxyl groups is 1. The highest BCUT2D eigenvalue weighted by atomic mass is 16.5. The lowest BCUT2D eigenvalue weighted by atomic mass is 9.46. The van der Waals surface area contributed by atoms with E-state index < -0.39 is 0 Å². The molecule has 0 aromatic heterocycles. The average Bonchev–Trinajstić information content (AvgIpc) is 2.87. The Morgan fingerprint density at radius 1 is 1.12 bits per heavy atom. The molecule has 0 radical (unpaired) electrons. The molecule has 7 atom stereocenters. The zero-order valence-corrected chi connectivity index (χ0v) is 16.3. The third kappa shape index (κ3) is 2.17. The van der Waals surface area contributed by atoms with Crippen LogP contribution in [0.25, 0.3) is 0 Å². The van der Waals surface area contributed by atoms with Gasteiger partial charge in [-0.1, -0.05) is 25.5 Å². The maximum atomic E-state index is 12.6. The summed E-state index contributed by atoms with van der Waals surface area (Å²) < 4.78 is 5.23. The second-order valence-corrected chi connectivity index (χ2v) is 9.97. The molecule has 140 valence electrons. The molecule has 0 saturated heterocycles. The van der Waals surface area contributed by atoms with Crippen molar-refractivity contribution in [2.24, 2.45) is 34.0 Å². The molecule has 0 amide bonds. The fourth-order valence-corrected chi connectivity index (χ4v) is 7.47. The van der Waals surface area contributed by atoms with E-state index in [0.717, 1.165) is 50.9 Å². The Balaban J connectivity index is 1.68. The highest BCUT2D eigenvalue weighted by Crippen LogP contribution is 2.69. The maximum absolute atomic E-state index is 12.6. The Morgan fingerprint density at radius 2 is 1.84 bits per heavy atom. The molecule has 3 heteroatoms. The number of hydrogen-bond acceptors (Lipinski definition) is 3. The summed E-state index contributed by atoms with van der Waals surface area (Å²) in [6.07, 6.45) is 10.9. The summed E-state index contributed by atoms with van der Waals surface area (Å²) in [5.74, 6) is 2.03. The largest absolute Gasteiger partial charge is 0.469 e. The predicted molar refractivity (Wildman–Crippen MR) is 97.8 cm³/mol. The molecule has 4 aliphatic carbocycles. The van der Waals surface area contributed by atoms with Crippen LogP contribution >= 0.6 is 0 Å². The SMILES string of the molecule is COC(=O)C1(C)CCC2C3CC=C4CC(O)CC[C@]4(C)C3CC[C@@]21C. The van der Waals surface area contributed by atoms with Crippen LogP contribution in [0, 0.1) is 34.0 Å². The summed E-state index contributed by atoms with van der Waals surface area (Å²) in [6, 6.07) is 0. The van der Waals surface area contributed by atoms with Crippen LogP contribution in [0.1, 0.15) is 72.1 Å². The van der Waals surface area contributed by atoms with E-state index in [-0.39, 0.29) is 28.3 Å². The van der Waals surface area contributed by atoms with Gasteiger partial charge >= 0.3 is 5.97 Å². The topological polar surface area (TPSA) is 46.5 Å². The molecule has 5 unspecified atom stereocenters. The molecule has 0 spiro atoms. The van der Waals surface area contributed by atoms with Crippen LogP contribution in [-0.4, -0.2) is 24.3 Å². The van der Waals surface area contributed by atoms with Gasteiger partial charge in [0.2, 0.25) is 0 Å². The van der Waals surface area contributed by atoms with Gasteiger partial charge < -0.3 is 9.84 Å². The van der Waals surface area contributed by atoms with Gasteiger partial charge in [0.15, 0.2) is 0 Å². The van der Waals surface area contributed by atoms with Gasteiger partial charge in [0.05, 0.1) is 18.6 Å². The number of carbonyl (C=O) groups excluding carboxylic acids is 1. The van der Waals surface area contributed by atoms with Gasteiger partial charge in [-0.15, -0.1) is 0 Å². The van der Waals surface area contributed by atoms with E-state index in [0.29, 0.717) is 11.8 Å². The van der Waals surface area contributed by atoms with Crippen molar-refractivity contribution in [2.75, 3.05) is 7.11 Å². The molecule has 0 bridgehead atoms. The molecule has 3 saturated carbocycles. The van der Waals surface area contributed by atoms with Crippen LogP contribution in [0.3, 0.4) is 0 Å². The zero-order valence-electron chi connectivity index (χ0n) is 16.3. The third-order valence-electron chi connectivity index (χ3n) is 9.32. The zero-order chi connectivity index (χ0) is 18.0. The summed E-state index contributed by atoms with van der Waals surface area (Å²) in [5, 5.41) is 10.1. The number of rotatable bonds is 1. The predicted octanol–water partition coefficient (Wildman–Crippen LogP) is 4.49. The van der Waals surface area contributed by atoms with Crippen LogP contribution in [0.4, 0.5) is 0 Å². The summed E-state index contributed by atoms with van der Waals surface area (Å²) in [6.45, 7) is 6.98. The normalized spacial score (nSPS) is 51.8. The minimum atomic E-state index is -0.328. The van der Waals surface area contributed by atoms with Crippen LogP contribution in [0.5, 0.6) is 0 Å². The number of fused-ring (bicyclic) bond motifs is 5. The summed E-state index contributed by atoms with van der Waals surface area (Å²) in [5.41, 5.74) is 1.53. The Kier molecular flexibility index (Phi) is 3.92. The van der Waals surface area contributed by atoms with Crippen molar-refractivity contribution in [3.8, 4) is 0 Å². The Morgan fingerprint density at radius 3 is 2.56 bits per heavy atom. The highest BCUT2D eigenvalue weighted by molar-refractivity contribution is 5.78. The molecule has 4 aliphatic rings. The Hall–Kier alpha value is -0.830. The number of hydrogen-bond donors (Lipinski definition) is 1. The Bertz CT molecular complexity index is 610. The van der Waals surface area contributed by atoms with Gasteiger partial charge in [-0.05, 0) is 86.9 Å². The lowest BCUT2D eigenvalue weighted by Gasteiger charge is -2.59. The lowest BCUT2D eigenvalue weighted by molar-refractivity contribution is -0.164. The number of ether oxygens (including phenoxy) is 1. The first-order chi connectivity index (χ1) is 11.8. The van der Waals surface area contributed by atoms with Crippen molar-refractivity contribution in [3.63, 3.8) is 0 Å². The van der Waals surface area contributed by atoms with E-state index in [9.17, 15) is 9.90 Å².